The normalized spacial score (nSPS) is 10.4. The number of carbonyl (C=O) groups excluding carboxylic acids is 2. The second kappa shape index (κ2) is 8.47. The molecule has 4 nitrogen and oxygen atoms in total. The lowest BCUT2D eigenvalue weighted by atomic mass is 10.00. The smallest absolute Gasteiger partial charge is 0.256 e. The van der Waals surface area contributed by atoms with E-state index in [2.05, 4.69) is 17.6 Å². The average molecular weight is 338 g/mol. The predicted molar refractivity (Wildman–Crippen MR) is 102 cm³/mol. The van der Waals surface area contributed by atoms with Crippen molar-refractivity contribution >= 4 is 17.5 Å². The van der Waals surface area contributed by atoms with Gasteiger partial charge in [-0.1, -0.05) is 43.2 Å². The van der Waals surface area contributed by atoms with Crippen LogP contribution in [0.5, 0.6) is 0 Å². The monoisotopic (exact) mass is 338 g/mol. The van der Waals surface area contributed by atoms with Crippen molar-refractivity contribution in [1.29, 1.82) is 0 Å². The van der Waals surface area contributed by atoms with E-state index < -0.39 is 0 Å². The maximum atomic E-state index is 12.8. The van der Waals surface area contributed by atoms with Crippen LogP contribution >= 0.6 is 0 Å². The standard InChI is InChI=1S/C21H26N2O2/c1-5-6-12-22-21(25)19-15(3)8-7-9-17(19)20(24)23-18-11-10-14(2)13-16(18)4/h7-11,13H,5-6,12H2,1-4H3,(H,22,25)(H,23,24). The van der Waals surface area contributed by atoms with E-state index >= 15 is 0 Å². The Kier molecular flexibility index (Phi) is 6.34. The minimum atomic E-state index is -0.267. The first-order chi connectivity index (χ1) is 11.9. The van der Waals surface area contributed by atoms with Gasteiger partial charge in [0.25, 0.3) is 11.8 Å². The van der Waals surface area contributed by atoms with Crippen molar-refractivity contribution < 1.29 is 9.59 Å². The largest absolute Gasteiger partial charge is 0.352 e. The molecule has 0 aromatic heterocycles. The lowest BCUT2D eigenvalue weighted by molar-refractivity contribution is 0.0939. The predicted octanol–water partition coefficient (Wildman–Crippen LogP) is 4.39. The number of benzene rings is 2. The fraction of sp³-hybridized carbons (Fsp3) is 0.333. The van der Waals surface area contributed by atoms with Gasteiger partial charge in [-0.15, -0.1) is 0 Å². The maximum Gasteiger partial charge on any atom is 0.256 e. The highest BCUT2D eigenvalue weighted by atomic mass is 16.2. The van der Waals surface area contributed by atoms with Crippen molar-refractivity contribution in [2.45, 2.75) is 40.5 Å². The summed E-state index contributed by atoms with van der Waals surface area (Å²) in [5.74, 6) is -0.464. The Morgan fingerprint density at radius 1 is 0.960 bits per heavy atom. The van der Waals surface area contributed by atoms with Crippen LogP contribution in [0.4, 0.5) is 5.69 Å². The van der Waals surface area contributed by atoms with E-state index in [1.807, 2.05) is 45.0 Å². The highest BCUT2D eigenvalue weighted by molar-refractivity contribution is 6.13. The molecule has 0 aliphatic heterocycles. The zero-order valence-corrected chi connectivity index (χ0v) is 15.4. The van der Waals surface area contributed by atoms with Gasteiger partial charge in [0.2, 0.25) is 0 Å². The number of aryl methyl sites for hydroxylation is 3. The summed E-state index contributed by atoms with van der Waals surface area (Å²) in [6, 6.07) is 11.2. The Labute approximate surface area is 149 Å². The van der Waals surface area contributed by atoms with E-state index in [0.29, 0.717) is 17.7 Å². The van der Waals surface area contributed by atoms with E-state index in [1.54, 1.807) is 12.1 Å². The number of anilines is 1. The molecule has 0 saturated heterocycles. The highest BCUT2D eigenvalue weighted by Gasteiger charge is 2.19. The number of carbonyl (C=O) groups is 2. The lowest BCUT2D eigenvalue weighted by Crippen LogP contribution is -2.28. The van der Waals surface area contributed by atoms with Crippen molar-refractivity contribution in [2.24, 2.45) is 0 Å². The second-order valence-corrected chi connectivity index (χ2v) is 6.38. The molecule has 2 rings (SSSR count). The molecule has 0 spiro atoms. The zero-order chi connectivity index (χ0) is 18.4. The summed E-state index contributed by atoms with van der Waals surface area (Å²) in [5, 5.41) is 5.82. The molecule has 0 unspecified atom stereocenters. The molecule has 2 amide bonds. The van der Waals surface area contributed by atoms with Crippen LogP contribution < -0.4 is 10.6 Å². The quantitative estimate of drug-likeness (QED) is 0.767. The third-order valence-corrected chi connectivity index (χ3v) is 4.19. The summed E-state index contributed by atoms with van der Waals surface area (Å²) in [5.41, 5.74) is 4.53. The molecule has 0 saturated carbocycles. The summed E-state index contributed by atoms with van der Waals surface area (Å²) >= 11 is 0. The molecule has 4 heteroatoms. The van der Waals surface area contributed by atoms with Crippen LogP contribution in [0, 0.1) is 20.8 Å². The van der Waals surface area contributed by atoms with E-state index in [-0.39, 0.29) is 11.8 Å². The molecule has 0 aliphatic carbocycles. The number of hydrogen-bond acceptors (Lipinski definition) is 2. The van der Waals surface area contributed by atoms with E-state index in [0.717, 1.165) is 35.2 Å². The fourth-order valence-corrected chi connectivity index (χ4v) is 2.77. The van der Waals surface area contributed by atoms with Crippen LogP contribution in [0.3, 0.4) is 0 Å². The van der Waals surface area contributed by atoms with Crippen LogP contribution in [0.25, 0.3) is 0 Å². The highest BCUT2D eigenvalue weighted by Crippen LogP contribution is 2.20. The van der Waals surface area contributed by atoms with Gasteiger partial charge in [0.15, 0.2) is 0 Å². The Morgan fingerprint density at radius 2 is 1.72 bits per heavy atom. The summed E-state index contributed by atoms with van der Waals surface area (Å²) in [6.45, 7) is 8.50. The Morgan fingerprint density at radius 3 is 2.40 bits per heavy atom. The summed E-state index contributed by atoms with van der Waals surface area (Å²) in [4.78, 5) is 25.3. The Balaban J connectivity index is 2.27. The molecule has 2 aromatic rings. The van der Waals surface area contributed by atoms with Gasteiger partial charge in [0, 0.05) is 12.2 Å². The zero-order valence-electron chi connectivity index (χ0n) is 15.4. The molecule has 2 N–H and O–H groups in total. The minimum absolute atomic E-state index is 0.197. The SMILES string of the molecule is CCCCNC(=O)c1c(C)cccc1C(=O)Nc1ccc(C)cc1C. The van der Waals surface area contributed by atoms with Crippen molar-refractivity contribution in [3.05, 3.63) is 64.2 Å². The molecule has 0 aliphatic rings. The number of nitrogens with one attached hydrogen (secondary N) is 2. The number of amides is 2. The van der Waals surface area contributed by atoms with Crippen LogP contribution in [-0.2, 0) is 0 Å². The Bertz CT molecular complexity index is 781. The molecule has 25 heavy (non-hydrogen) atoms. The maximum absolute atomic E-state index is 12.8. The molecule has 0 bridgehead atoms. The third kappa shape index (κ3) is 4.69. The summed E-state index contributed by atoms with van der Waals surface area (Å²) < 4.78 is 0. The van der Waals surface area contributed by atoms with Crippen LogP contribution in [0.15, 0.2) is 36.4 Å². The van der Waals surface area contributed by atoms with Gasteiger partial charge in [-0.3, -0.25) is 9.59 Å². The second-order valence-electron chi connectivity index (χ2n) is 6.38. The number of unbranched alkanes of at least 4 members (excludes halogenated alkanes) is 1. The van der Waals surface area contributed by atoms with Gasteiger partial charge in [-0.2, -0.15) is 0 Å². The molecule has 132 valence electrons. The van der Waals surface area contributed by atoms with Gasteiger partial charge < -0.3 is 10.6 Å². The number of hydrogen-bond donors (Lipinski definition) is 2. The van der Waals surface area contributed by atoms with Gasteiger partial charge in [0.05, 0.1) is 11.1 Å². The molecular formula is C21H26N2O2. The fourth-order valence-electron chi connectivity index (χ4n) is 2.77. The minimum Gasteiger partial charge on any atom is -0.352 e. The lowest BCUT2D eigenvalue weighted by Gasteiger charge is -2.14. The Hall–Kier alpha value is -2.62. The summed E-state index contributed by atoms with van der Waals surface area (Å²) in [7, 11) is 0. The molecule has 0 fully saturated rings. The van der Waals surface area contributed by atoms with Gasteiger partial charge in [-0.25, -0.2) is 0 Å². The third-order valence-electron chi connectivity index (χ3n) is 4.19. The van der Waals surface area contributed by atoms with E-state index in [4.69, 9.17) is 0 Å². The molecule has 0 atom stereocenters. The van der Waals surface area contributed by atoms with Gasteiger partial charge >= 0.3 is 0 Å². The van der Waals surface area contributed by atoms with Crippen LogP contribution in [0.1, 0.15) is 57.2 Å². The molecular weight excluding hydrogens is 312 g/mol. The van der Waals surface area contributed by atoms with E-state index in [1.165, 1.54) is 0 Å². The first-order valence-corrected chi connectivity index (χ1v) is 8.70. The van der Waals surface area contributed by atoms with Crippen molar-refractivity contribution in [3.8, 4) is 0 Å². The van der Waals surface area contributed by atoms with Crippen molar-refractivity contribution in [2.75, 3.05) is 11.9 Å². The molecule has 0 heterocycles. The van der Waals surface area contributed by atoms with Gasteiger partial charge in [0.1, 0.15) is 0 Å². The number of rotatable bonds is 6. The van der Waals surface area contributed by atoms with E-state index in [9.17, 15) is 9.59 Å². The van der Waals surface area contributed by atoms with Crippen LogP contribution in [0.2, 0.25) is 0 Å². The topological polar surface area (TPSA) is 58.2 Å². The summed E-state index contributed by atoms with van der Waals surface area (Å²) in [6.07, 6.45) is 1.93. The van der Waals surface area contributed by atoms with Gasteiger partial charge in [-0.05, 0) is 50.5 Å². The van der Waals surface area contributed by atoms with Crippen molar-refractivity contribution in [1.82, 2.24) is 5.32 Å². The average Bonchev–Trinajstić information content (AvgIpc) is 2.57. The van der Waals surface area contributed by atoms with Crippen molar-refractivity contribution in [3.63, 3.8) is 0 Å². The molecule has 0 radical (unpaired) electrons. The first-order valence-electron chi connectivity index (χ1n) is 8.70. The first kappa shape index (κ1) is 18.7. The molecule has 2 aromatic carbocycles. The van der Waals surface area contributed by atoms with Crippen LogP contribution in [-0.4, -0.2) is 18.4 Å².